The van der Waals surface area contributed by atoms with Crippen LogP contribution in [-0.2, 0) is 16.0 Å². The second-order valence-electron chi connectivity index (χ2n) is 8.09. The number of carbonyl (C=O) groups excluding carboxylic acids is 1. The predicted molar refractivity (Wildman–Crippen MR) is 132 cm³/mol. The number of hydrogen-bond acceptors (Lipinski definition) is 6. The second kappa shape index (κ2) is 12.2. The first-order valence-corrected chi connectivity index (χ1v) is 12.2. The van der Waals surface area contributed by atoms with Crippen LogP contribution in [0.25, 0.3) is 0 Å². The summed E-state index contributed by atoms with van der Waals surface area (Å²) in [7, 11) is 0. The molecule has 1 heterocycles. The van der Waals surface area contributed by atoms with Gasteiger partial charge in [0.2, 0.25) is 5.90 Å². The minimum atomic E-state index is -1.10. The summed E-state index contributed by atoms with van der Waals surface area (Å²) < 4.78 is 12.7. The van der Waals surface area contributed by atoms with E-state index < -0.39 is 11.6 Å². The van der Waals surface area contributed by atoms with Crippen LogP contribution in [0.5, 0.6) is 5.75 Å². The highest BCUT2D eigenvalue weighted by molar-refractivity contribution is 9.10. The summed E-state index contributed by atoms with van der Waals surface area (Å²) in [5.74, 6) is 0.927. The molecule has 0 saturated carbocycles. The Hall–Kier alpha value is -2.42. The number of unbranched alkanes of at least 4 members (excludes halogenated alkanes) is 1. The molecule has 3 N–H and O–H groups in total. The molecule has 1 amide bonds. The van der Waals surface area contributed by atoms with Crippen molar-refractivity contribution in [1.82, 2.24) is 10.9 Å². The number of hydrogen-bond donors (Lipinski definition) is 3. The van der Waals surface area contributed by atoms with Crippen molar-refractivity contribution < 1.29 is 19.4 Å². The van der Waals surface area contributed by atoms with E-state index in [9.17, 15) is 4.79 Å². The van der Waals surface area contributed by atoms with Gasteiger partial charge in [-0.1, -0.05) is 41.4 Å². The average Bonchev–Trinajstić information content (AvgIpc) is 3.16. The Morgan fingerprint density at radius 3 is 2.58 bits per heavy atom. The molecule has 8 heteroatoms. The van der Waals surface area contributed by atoms with Crippen molar-refractivity contribution >= 4 is 27.7 Å². The number of halogens is 1. The summed E-state index contributed by atoms with van der Waals surface area (Å²) in [4.78, 5) is 18.2. The summed E-state index contributed by atoms with van der Waals surface area (Å²) in [5.41, 5.74) is 6.55. The second-order valence-corrected chi connectivity index (χ2v) is 9.00. The molecule has 178 valence electrons. The number of hydrazine groups is 1. The predicted octanol–water partition coefficient (Wildman–Crippen LogP) is 3.78. The first-order valence-electron chi connectivity index (χ1n) is 11.4. The molecule has 0 aromatic heterocycles. The van der Waals surface area contributed by atoms with E-state index in [2.05, 4.69) is 33.7 Å². The van der Waals surface area contributed by atoms with Gasteiger partial charge in [-0.05, 0) is 55.3 Å². The number of aliphatic hydroxyl groups is 1. The van der Waals surface area contributed by atoms with Gasteiger partial charge >= 0.3 is 0 Å². The Balaban J connectivity index is 1.84. The minimum absolute atomic E-state index is 0.0937. The first-order chi connectivity index (χ1) is 16.0. The molecule has 7 nitrogen and oxygen atoms in total. The van der Waals surface area contributed by atoms with Crippen LogP contribution >= 0.6 is 15.9 Å². The fraction of sp³-hybridized carbons (Fsp3) is 0.440. The topological polar surface area (TPSA) is 92.2 Å². The minimum Gasteiger partial charge on any atom is -0.494 e. The van der Waals surface area contributed by atoms with E-state index >= 15 is 0 Å². The third-order valence-corrected chi connectivity index (χ3v) is 6.10. The largest absolute Gasteiger partial charge is 0.494 e. The van der Waals surface area contributed by atoms with Crippen molar-refractivity contribution in [2.45, 2.75) is 51.2 Å². The fourth-order valence-corrected chi connectivity index (χ4v) is 3.84. The summed E-state index contributed by atoms with van der Waals surface area (Å²) in [5, 5.41) is 8.90. The number of benzene rings is 2. The first kappa shape index (κ1) is 25.2. The zero-order valence-electron chi connectivity index (χ0n) is 19.1. The van der Waals surface area contributed by atoms with Crippen LogP contribution in [0, 0.1) is 0 Å². The van der Waals surface area contributed by atoms with Crippen molar-refractivity contribution in [3.05, 3.63) is 64.1 Å². The molecule has 1 aliphatic rings. The highest BCUT2D eigenvalue weighted by Crippen LogP contribution is 2.33. The number of ether oxygens (including phenoxy) is 2. The maximum Gasteiger partial charge on any atom is 0.266 e. The summed E-state index contributed by atoms with van der Waals surface area (Å²) >= 11 is 3.46. The van der Waals surface area contributed by atoms with Crippen LogP contribution in [0.3, 0.4) is 0 Å². The van der Waals surface area contributed by atoms with Gasteiger partial charge in [0, 0.05) is 36.0 Å². The maximum absolute atomic E-state index is 13.4. The van der Waals surface area contributed by atoms with Crippen LogP contribution in [-0.4, -0.2) is 48.3 Å². The van der Waals surface area contributed by atoms with E-state index in [0.29, 0.717) is 37.6 Å². The number of nitrogens with one attached hydrogen (secondary N) is 2. The van der Waals surface area contributed by atoms with Crippen LogP contribution < -0.4 is 15.6 Å². The zero-order chi connectivity index (χ0) is 23.7. The highest BCUT2D eigenvalue weighted by Gasteiger charge is 2.50. The lowest BCUT2D eigenvalue weighted by Crippen LogP contribution is -2.56. The van der Waals surface area contributed by atoms with Crippen molar-refractivity contribution in [3.63, 3.8) is 0 Å². The Bertz CT molecular complexity index is 934. The lowest BCUT2D eigenvalue weighted by Gasteiger charge is -2.28. The van der Waals surface area contributed by atoms with Gasteiger partial charge in [-0.2, -0.15) is 0 Å². The summed E-state index contributed by atoms with van der Waals surface area (Å²) in [6, 6.07) is 15.3. The third kappa shape index (κ3) is 6.56. The molecule has 2 atom stereocenters. The number of aliphatic hydroxyl groups excluding tert-OH is 1. The Morgan fingerprint density at radius 1 is 1.18 bits per heavy atom. The molecule has 0 aliphatic carbocycles. The molecule has 0 spiro atoms. The molecule has 0 fully saturated rings. The van der Waals surface area contributed by atoms with Crippen LogP contribution in [0.4, 0.5) is 0 Å². The van der Waals surface area contributed by atoms with E-state index in [4.69, 9.17) is 19.6 Å². The average molecular weight is 518 g/mol. The maximum atomic E-state index is 13.4. The number of amides is 1. The normalized spacial score (nSPS) is 19.6. The Morgan fingerprint density at radius 2 is 1.91 bits per heavy atom. The van der Waals surface area contributed by atoms with Gasteiger partial charge in [0.05, 0.1) is 6.61 Å². The lowest BCUT2D eigenvalue weighted by atomic mass is 9.86. The summed E-state index contributed by atoms with van der Waals surface area (Å²) in [6.45, 7) is 5.22. The van der Waals surface area contributed by atoms with Crippen LogP contribution in [0.1, 0.15) is 44.2 Å². The highest BCUT2D eigenvalue weighted by atomic mass is 79.9. The molecule has 2 aromatic rings. The van der Waals surface area contributed by atoms with Crippen LogP contribution in [0.2, 0.25) is 0 Å². The van der Waals surface area contributed by atoms with Gasteiger partial charge in [0.1, 0.15) is 11.9 Å². The monoisotopic (exact) mass is 517 g/mol. The van der Waals surface area contributed by atoms with Gasteiger partial charge in [-0.15, -0.1) is 0 Å². The molecule has 0 radical (unpaired) electrons. The van der Waals surface area contributed by atoms with Gasteiger partial charge in [-0.25, -0.2) is 10.4 Å². The fourth-order valence-electron chi connectivity index (χ4n) is 3.57. The van der Waals surface area contributed by atoms with Crippen molar-refractivity contribution in [3.8, 4) is 5.75 Å². The van der Waals surface area contributed by atoms with Gasteiger partial charge in [0.25, 0.3) is 5.91 Å². The zero-order valence-corrected chi connectivity index (χ0v) is 20.7. The molecular weight excluding hydrogens is 486 g/mol. The number of carbonyl (C=O) groups is 1. The molecule has 2 aromatic carbocycles. The number of aliphatic imine (C=N–C) groups is 1. The Labute approximate surface area is 203 Å². The molecule has 33 heavy (non-hydrogen) atoms. The molecular formula is C25H32BrN3O4. The Kier molecular flexibility index (Phi) is 9.29. The number of nitrogens with zero attached hydrogens (tertiary/aromatic N) is 1. The third-order valence-electron chi connectivity index (χ3n) is 5.57. The standard InChI is InChI=1S/C25H32BrN3O4/c1-3-4-14-27-29-24(31)25(17-19-6-10-21(26)11-7-19)18(2)33-23(28-25)20-8-12-22(13-9-20)32-16-5-15-30/h6-13,18,27,30H,3-5,14-17H2,1-2H3,(H,29,31)/t18-,25-/m0/s1. The quantitative estimate of drug-likeness (QED) is 0.294. The van der Waals surface area contributed by atoms with Crippen LogP contribution in [0.15, 0.2) is 58.0 Å². The molecule has 0 saturated heterocycles. The number of rotatable bonds is 12. The molecule has 1 aliphatic heterocycles. The van der Waals surface area contributed by atoms with Crippen molar-refractivity contribution in [2.24, 2.45) is 4.99 Å². The van der Waals surface area contributed by atoms with Crippen molar-refractivity contribution in [1.29, 1.82) is 0 Å². The summed E-state index contributed by atoms with van der Waals surface area (Å²) in [6.07, 6.45) is 2.54. The smallest absolute Gasteiger partial charge is 0.266 e. The van der Waals surface area contributed by atoms with E-state index in [-0.39, 0.29) is 12.5 Å². The van der Waals surface area contributed by atoms with E-state index in [0.717, 1.165) is 28.4 Å². The van der Waals surface area contributed by atoms with Crippen molar-refractivity contribution in [2.75, 3.05) is 19.8 Å². The lowest BCUT2D eigenvalue weighted by molar-refractivity contribution is -0.129. The van der Waals surface area contributed by atoms with E-state index in [1.54, 1.807) is 0 Å². The van der Waals surface area contributed by atoms with Gasteiger partial charge in [-0.3, -0.25) is 10.2 Å². The van der Waals surface area contributed by atoms with Gasteiger partial charge in [0.15, 0.2) is 5.54 Å². The SMILES string of the molecule is CCCCNNC(=O)[C@@]1(Cc2ccc(Br)cc2)N=C(c2ccc(OCCCO)cc2)O[C@H]1C. The van der Waals surface area contributed by atoms with Gasteiger partial charge < -0.3 is 14.6 Å². The van der Waals surface area contributed by atoms with E-state index in [1.807, 2.05) is 55.5 Å². The molecule has 0 unspecified atom stereocenters. The van der Waals surface area contributed by atoms with E-state index in [1.165, 1.54) is 0 Å². The molecule has 0 bridgehead atoms. The molecule has 3 rings (SSSR count).